The fourth-order valence-electron chi connectivity index (χ4n) is 2.42. The Bertz CT molecular complexity index is 698. The molecule has 0 bridgehead atoms. The van der Waals surface area contributed by atoms with E-state index < -0.39 is 0 Å². The zero-order chi connectivity index (χ0) is 16.7. The van der Waals surface area contributed by atoms with Crippen LogP contribution in [0.1, 0.15) is 37.3 Å². The molecule has 0 aliphatic rings. The number of rotatable bonds is 6. The van der Waals surface area contributed by atoms with Gasteiger partial charge in [-0.1, -0.05) is 55.8 Å². The topological polar surface area (TPSA) is 44.1 Å². The van der Waals surface area contributed by atoms with E-state index in [1.807, 2.05) is 48.5 Å². The molecule has 0 saturated heterocycles. The summed E-state index contributed by atoms with van der Waals surface area (Å²) in [4.78, 5) is 13.4. The van der Waals surface area contributed by atoms with E-state index in [4.69, 9.17) is 0 Å². The summed E-state index contributed by atoms with van der Waals surface area (Å²) in [5.74, 6) is 0.0748. The maximum absolute atomic E-state index is 11.9. The number of amides is 1. The second kappa shape index (κ2) is 8.14. The van der Waals surface area contributed by atoms with Gasteiger partial charge >= 0.3 is 0 Å². The van der Waals surface area contributed by atoms with Gasteiger partial charge in [0.25, 0.3) is 0 Å². The molecule has 23 heavy (non-hydrogen) atoms. The van der Waals surface area contributed by atoms with Crippen molar-refractivity contribution in [1.29, 1.82) is 5.26 Å². The Balaban J connectivity index is 2.08. The molecule has 0 fully saturated rings. The number of carbonyl (C=O) groups excluding carboxylic acids is 1. The first-order chi connectivity index (χ1) is 11.2. The molecular formula is C20H21N2O. The molecule has 2 aromatic carbocycles. The number of hydrogen-bond donors (Lipinski definition) is 0. The summed E-state index contributed by atoms with van der Waals surface area (Å²) < 4.78 is 0. The lowest BCUT2D eigenvalue weighted by Crippen LogP contribution is -2.23. The molecule has 117 valence electrons. The monoisotopic (exact) mass is 305 g/mol. The summed E-state index contributed by atoms with van der Waals surface area (Å²) in [6, 6.07) is 17.7. The molecule has 3 heteroatoms. The summed E-state index contributed by atoms with van der Waals surface area (Å²) in [5, 5.41) is 9.18. The van der Waals surface area contributed by atoms with Crippen LogP contribution in [-0.4, -0.2) is 10.8 Å². The van der Waals surface area contributed by atoms with E-state index in [1.165, 1.54) is 4.90 Å². The minimum Gasteiger partial charge on any atom is -0.337 e. The smallest absolute Gasteiger partial charge is 0.222 e. The van der Waals surface area contributed by atoms with Crippen molar-refractivity contribution in [1.82, 2.24) is 4.90 Å². The van der Waals surface area contributed by atoms with Gasteiger partial charge in [0.2, 0.25) is 5.91 Å². The molecular weight excluding hydrogens is 284 g/mol. The van der Waals surface area contributed by atoms with Crippen molar-refractivity contribution in [2.24, 2.45) is 0 Å². The van der Waals surface area contributed by atoms with Gasteiger partial charge in [0.05, 0.1) is 11.6 Å². The molecule has 0 spiro atoms. The fraction of sp³-hybridized carbons (Fsp3) is 0.250. The van der Waals surface area contributed by atoms with Crippen LogP contribution in [0.15, 0.2) is 48.5 Å². The highest BCUT2D eigenvalue weighted by molar-refractivity contribution is 5.76. The maximum atomic E-state index is 11.9. The minimum absolute atomic E-state index is 0.0748. The Hall–Kier alpha value is -2.60. The van der Waals surface area contributed by atoms with Crippen LogP contribution in [0.5, 0.6) is 0 Å². The quantitative estimate of drug-likeness (QED) is 0.786. The number of nitrogens with zero attached hydrogens (tertiary/aromatic N) is 2. The molecule has 0 N–H and O–H groups in total. The number of nitriles is 1. The van der Waals surface area contributed by atoms with Gasteiger partial charge in [-0.05, 0) is 29.2 Å². The molecule has 1 amide bonds. The van der Waals surface area contributed by atoms with E-state index in [9.17, 15) is 10.1 Å². The van der Waals surface area contributed by atoms with Crippen LogP contribution in [0.4, 0.5) is 0 Å². The highest BCUT2D eigenvalue weighted by Crippen LogP contribution is 2.23. The number of unbranched alkanes of at least 4 members (excludes halogenated alkanes) is 1. The van der Waals surface area contributed by atoms with E-state index in [2.05, 4.69) is 20.0 Å². The third-order valence-electron chi connectivity index (χ3n) is 3.78. The lowest BCUT2D eigenvalue weighted by molar-refractivity contribution is -0.129. The van der Waals surface area contributed by atoms with E-state index in [1.54, 1.807) is 0 Å². The second-order valence-corrected chi connectivity index (χ2v) is 5.55. The predicted molar refractivity (Wildman–Crippen MR) is 92.0 cm³/mol. The van der Waals surface area contributed by atoms with Gasteiger partial charge in [0.1, 0.15) is 0 Å². The summed E-state index contributed by atoms with van der Waals surface area (Å²) in [5.41, 5.74) is 3.61. The number of carbonyl (C=O) groups is 1. The Morgan fingerprint density at radius 1 is 1.17 bits per heavy atom. The SMILES string of the molecule is [CH2]N(Cc1ccc(-c2ccccc2C#N)cc1)C(=O)CCCC. The van der Waals surface area contributed by atoms with Crippen LogP contribution in [0, 0.1) is 18.4 Å². The summed E-state index contributed by atoms with van der Waals surface area (Å²) in [7, 11) is 3.83. The summed E-state index contributed by atoms with van der Waals surface area (Å²) in [6.07, 6.45) is 2.45. The van der Waals surface area contributed by atoms with Gasteiger partial charge in [-0.2, -0.15) is 5.26 Å². The van der Waals surface area contributed by atoms with E-state index in [0.717, 1.165) is 29.5 Å². The molecule has 0 unspecified atom stereocenters. The third-order valence-corrected chi connectivity index (χ3v) is 3.78. The third kappa shape index (κ3) is 4.43. The van der Waals surface area contributed by atoms with Gasteiger partial charge in [0, 0.05) is 20.0 Å². The maximum Gasteiger partial charge on any atom is 0.222 e. The normalized spacial score (nSPS) is 10.1. The second-order valence-electron chi connectivity index (χ2n) is 5.55. The van der Waals surface area contributed by atoms with E-state index in [0.29, 0.717) is 18.5 Å². The highest BCUT2D eigenvalue weighted by Gasteiger charge is 2.09. The van der Waals surface area contributed by atoms with Crippen LogP contribution in [0.2, 0.25) is 0 Å². The molecule has 0 saturated carbocycles. The van der Waals surface area contributed by atoms with Crippen molar-refractivity contribution in [3.8, 4) is 17.2 Å². The van der Waals surface area contributed by atoms with Gasteiger partial charge < -0.3 is 4.90 Å². The van der Waals surface area contributed by atoms with Crippen LogP contribution in [0.3, 0.4) is 0 Å². The number of hydrogen-bond acceptors (Lipinski definition) is 2. The fourth-order valence-corrected chi connectivity index (χ4v) is 2.42. The highest BCUT2D eigenvalue weighted by atomic mass is 16.2. The summed E-state index contributed by atoms with van der Waals surface area (Å²) in [6.45, 7) is 2.57. The van der Waals surface area contributed by atoms with E-state index in [-0.39, 0.29) is 5.91 Å². The average Bonchev–Trinajstić information content (AvgIpc) is 2.60. The Morgan fingerprint density at radius 2 is 1.87 bits per heavy atom. The van der Waals surface area contributed by atoms with Gasteiger partial charge in [-0.15, -0.1) is 0 Å². The van der Waals surface area contributed by atoms with Crippen LogP contribution in [0.25, 0.3) is 11.1 Å². The zero-order valence-electron chi connectivity index (χ0n) is 13.5. The first kappa shape index (κ1) is 16.8. The van der Waals surface area contributed by atoms with Crippen molar-refractivity contribution in [3.63, 3.8) is 0 Å². The molecule has 0 aliphatic carbocycles. The Morgan fingerprint density at radius 3 is 2.52 bits per heavy atom. The lowest BCUT2D eigenvalue weighted by atomic mass is 9.99. The number of benzene rings is 2. The molecule has 1 radical (unpaired) electrons. The molecule has 3 nitrogen and oxygen atoms in total. The Labute approximate surface area is 138 Å². The first-order valence-corrected chi connectivity index (χ1v) is 7.85. The zero-order valence-corrected chi connectivity index (χ0v) is 13.5. The van der Waals surface area contributed by atoms with Crippen molar-refractivity contribution in [2.75, 3.05) is 0 Å². The van der Waals surface area contributed by atoms with Crippen LogP contribution in [-0.2, 0) is 11.3 Å². The molecule has 0 atom stereocenters. The molecule has 0 aliphatic heterocycles. The van der Waals surface area contributed by atoms with Crippen molar-refractivity contribution < 1.29 is 4.79 Å². The van der Waals surface area contributed by atoms with Crippen LogP contribution < -0.4 is 0 Å². The van der Waals surface area contributed by atoms with Gasteiger partial charge in [-0.3, -0.25) is 4.79 Å². The molecule has 2 rings (SSSR count). The van der Waals surface area contributed by atoms with Gasteiger partial charge in [0.15, 0.2) is 0 Å². The Kier molecular flexibility index (Phi) is 5.94. The molecule has 0 aromatic heterocycles. The standard InChI is InChI=1S/C20H21N2O/c1-3-4-9-20(23)22(2)15-16-10-12-17(13-11-16)19-8-6-5-7-18(19)14-21/h5-8,10-13H,2-4,9,15H2,1H3. The predicted octanol–water partition coefficient (Wildman–Crippen LogP) is 4.54. The lowest BCUT2D eigenvalue weighted by Gasteiger charge is -2.17. The van der Waals surface area contributed by atoms with E-state index >= 15 is 0 Å². The first-order valence-electron chi connectivity index (χ1n) is 7.85. The van der Waals surface area contributed by atoms with Crippen LogP contribution >= 0.6 is 0 Å². The summed E-state index contributed by atoms with van der Waals surface area (Å²) >= 11 is 0. The molecule has 0 heterocycles. The van der Waals surface area contributed by atoms with Gasteiger partial charge in [-0.25, -0.2) is 0 Å². The molecule has 2 aromatic rings. The minimum atomic E-state index is 0.0748. The van der Waals surface area contributed by atoms with Crippen molar-refractivity contribution in [3.05, 3.63) is 66.7 Å². The largest absolute Gasteiger partial charge is 0.337 e. The van der Waals surface area contributed by atoms with Crippen molar-refractivity contribution >= 4 is 5.91 Å². The van der Waals surface area contributed by atoms with Crippen molar-refractivity contribution in [2.45, 2.75) is 32.7 Å². The average molecular weight is 305 g/mol.